The molecular formula is C13H16FNO3. The molecule has 1 aliphatic rings. The van der Waals surface area contributed by atoms with Gasteiger partial charge in [0.1, 0.15) is 11.6 Å². The molecule has 0 radical (unpaired) electrons. The van der Waals surface area contributed by atoms with Crippen LogP contribution in [0.15, 0.2) is 18.2 Å². The molecule has 0 fully saturated rings. The highest BCUT2D eigenvalue weighted by Crippen LogP contribution is 2.28. The molecule has 2 rings (SSSR count). The Balaban J connectivity index is 2.20. The van der Waals surface area contributed by atoms with E-state index >= 15 is 0 Å². The summed E-state index contributed by atoms with van der Waals surface area (Å²) in [6.07, 6.45) is 1.07. The largest absolute Gasteiger partial charge is 0.493 e. The van der Waals surface area contributed by atoms with Crippen LogP contribution in [-0.2, 0) is 16.1 Å². The van der Waals surface area contributed by atoms with Crippen LogP contribution in [0.5, 0.6) is 5.75 Å². The molecule has 0 aliphatic carbocycles. The molecule has 0 N–H and O–H groups in total. The van der Waals surface area contributed by atoms with Crippen LogP contribution in [0.4, 0.5) is 4.39 Å². The van der Waals surface area contributed by atoms with E-state index < -0.39 is 0 Å². The van der Waals surface area contributed by atoms with Crippen molar-refractivity contribution in [2.24, 2.45) is 5.92 Å². The molecule has 4 nitrogen and oxygen atoms in total. The fourth-order valence-electron chi connectivity index (χ4n) is 2.08. The Kier molecular flexibility index (Phi) is 3.81. The maximum absolute atomic E-state index is 13.2. The summed E-state index contributed by atoms with van der Waals surface area (Å²) in [5.74, 6) is -0.00599. The topological polar surface area (TPSA) is 38.8 Å². The van der Waals surface area contributed by atoms with Gasteiger partial charge in [-0.1, -0.05) is 0 Å². The third kappa shape index (κ3) is 2.61. The fourth-order valence-corrected chi connectivity index (χ4v) is 2.08. The van der Waals surface area contributed by atoms with Gasteiger partial charge in [0.25, 0.3) is 0 Å². The van der Waals surface area contributed by atoms with Crippen molar-refractivity contribution in [1.82, 2.24) is 5.06 Å². The molecule has 1 atom stereocenters. The summed E-state index contributed by atoms with van der Waals surface area (Å²) in [7, 11) is 3.01. The van der Waals surface area contributed by atoms with Crippen LogP contribution in [0.1, 0.15) is 12.0 Å². The second-order valence-corrected chi connectivity index (χ2v) is 4.31. The van der Waals surface area contributed by atoms with Crippen molar-refractivity contribution in [1.29, 1.82) is 0 Å². The summed E-state index contributed by atoms with van der Waals surface area (Å²) < 4.78 is 18.7. The number of rotatable bonds is 2. The predicted molar refractivity (Wildman–Crippen MR) is 63.5 cm³/mol. The van der Waals surface area contributed by atoms with Crippen molar-refractivity contribution in [3.05, 3.63) is 29.6 Å². The maximum Gasteiger partial charge on any atom is 0.249 e. The number of ether oxygens (including phenoxy) is 1. The van der Waals surface area contributed by atoms with Crippen molar-refractivity contribution in [3.8, 4) is 5.75 Å². The van der Waals surface area contributed by atoms with Crippen LogP contribution in [0.25, 0.3) is 0 Å². The number of halogens is 1. The van der Waals surface area contributed by atoms with Crippen LogP contribution >= 0.6 is 0 Å². The molecule has 1 aliphatic heterocycles. The lowest BCUT2D eigenvalue weighted by molar-refractivity contribution is -0.173. The Hall–Kier alpha value is -1.62. The number of benzene rings is 1. The minimum absolute atomic E-state index is 0.113. The average Bonchev–Trinajstić information content (AvgIpc) is 2.58. The van der Waals surface area contributed by atoms with E-state index in [0.717, 1.165) is 5.56 Å². The first-order valence-corrected chi connectivity index (χ1v) is 5.84. The maximum atomic E-state index is 13.2. The molecule has 0 bridgehead atoms. The lowest BCUT2D eigenvalue weighted by Gasteiger charge is -2.19. The monoisotopic (exact) mass is 253 g/mol. The molecule has 98 valence electrons. The smallest absolute Gasteiger partial charge is 0.249 e. The quantitative estimate of drug-likeness (QED) is 0.754. The lowest BCUT2D eigenvalue weighted by atomic mass is 9.96. The van der Waals surface area contributed by atoms with E-state index in [1.165, 1.54) is 24.3 Å². The van der Waals surface area contributed by atoms with Crippen molar-refractivity contribution in [2.45, 2.75) is 12.8 Å². The Bertz CT molecular complexity index is 450. The third-order valence-electron chi connectivity index (χ3n) is 3.15. The van der Waals surface area contributed by atoms with Gasteiger partial charge in [0.15, 0.2) is 0 Å². The van der Waals surface area contributed by atoms with Crippen molar-refractivity contribution < 1.29 is 18.8 Å². The van der Waals surface area contributed by atoms with Crippen LogP contribution in [0.3, 0.4) is 0 Å². The lowest BCUT2D eigenvalue weighted by Crippen LogP contribution is -2.33. The summed E-state index contributed by atoms with van der Waals surface area (Å²) in [5.41, 5.74) is 0.732. The highest BCUT2D eigenvalue weighted by atomic mass is 19.1. The zero-order chi connectivity index (χ0) is 13.1. The van der Waals surface area contributed by atoms with Gasteiger partial charge in [0, 0.05) is 13.0 Å². The highest BCUT2D eigenvalue weighted by Gasteiger charge is 2.26. The zero-order valence-electron chi connectivity index (χ0n) is 10.5. The molecule has 1 heterocycles. The van der Waals surface area contributed by atoms with Crippen LogP contribution in [0.2, 0.25) is 0 Å². The van der Waals surface area contributed by atoms with Gasteiger partial charge < -0.3 is 4.74 Å². The molecule has 1 unspecified atom stereocenters. The van der Waals surface area contributed by atoms with E-state index in [1.807, 2.05) is 0 Å². The number of hydroxylamine groups is 2. The molecule has 5 heteroatoms. The van der Waals surface area contributed by atoms with Gasteiger partial charge in [-0.05, 0) is 36.6 Å². The summed E-state index contributed by atoms with van der Waals surface area (Å²) in [6.45, 7) is 0.451. The SMILES string of the molecule is CON(C)C(=O)C1CCOc2ccc(F)cc2C1. The number of fused-ring (bicyclic) bond motifs is 1. The Labute approximate surface area is 105 Å². The van der Waals surface area contributed by atoms with Gasteiger partial charge in [-0.2, -0.15) is 0 Å². The molecular weight excluding hydrogens is 237 g/mol. The van der Waals surface area contributed by atoms with Crippen molar-refractivity contribution in [2.75, 3.05) is 20.8 Å². The molecule has 0 aromatic heterocycles. The van der Waals surface area contributed by atoms with Gasteiger partial charge in [-0.25, -0.2) is 9.45 Å². The van der Waals surface area contributed by atoms with Crippen LogP contribution in [-0.4, -0.2) is 31.7 Å². The second kappa shape index (κ2) is 5.35. The first-order chi connectivity index (χ1) is 8.61. The van der Waals surface area contributed by atoms with E-state index in [4.69, 9.17) is 9.57 Å². The van der Waals surface area contributed by atoms with Crippen LogP contribution in [0, 0.1) is 11.7 Å². The molecule has 1 aromatic rings. The van der Waals surface area contributed by atoms with E-state index in [2.05, 4.69) is 0 Å². The second-order valence-electron chi connectivity index (χ2n) is 4.31. The van der Waals surface area contributed by atoms with E-state index in [0.29, 0.717) is 25.2 Å². The summed E-state index contributed by atoms with van der Waals surface area (Å²) in [5, 5.41) is 1.20. The first kappa shape index (κ1) is 12.8. The summed E-state index contributed by atoms with van der Waals surface area (Å²) in [6, 6.07) is 4.40. The number of hydrogen-bond donors (Lipinski definition) is 0. The van der Waals surface area contributed by atoms with E-state index in [-0.39, 0.29) is 17.6 Å². The molecule has 0 spiro atoms. The minimum atomic E-state index is -0.314. The summed E-state index contributed by atoms with van der Waals surface area (Å²) in [4.78, 5) is 16.9. The number of amides is 1. The predicted octanol–water partition coefficient (Wildman–Crippen LogP) is 1.79. The first-order valence-electron chi connectivity index (χ1n) is 5.84. The Morgan fingerprint density at radius 2 is 2.33 bits per heavy atom. The standard InChI is InChI=1S/C13H16FNO3/c1-15(17-2)13(16)9-5-6-18-12-4-3-11(14)8-10(12)7-9/h3-4,8-9H,5-7H2,1-2H3. The van der Waals surface area contributed by atoms with Gasteiger partial charge in [-0.15, -0.1) is 0 Å². The third-order valence-corrected chi connectivity index (χ3v) is 3.15. The van der Waals surface area contributed by atoms with E-state index in [9.17, 15) is 9.18 Å². The van der Waals surface area contributed by atoms with Crippen LogP contribution < -0.4 is 4.74 Å². The number of hydrogen-bond acceptors (Lipinski definition) is 3. The molecule has 0 saturated carbocycles. The van der Waals surface area contributed by atoms with Gasteiger partial charge in [-0.3, -0.25) is 9.63 Å². The van der Waals surface area contributed by atoms with Gasteiger partial charge >= 0.3 is 0 Å². The average molecular weight is 253 g/mol. The Morgan fingerprint density at radius 1 is 1.56 bits per heavy atom. The Morgan fingerprint density at radius 3 is 3.06 bits per heavy atom. The number of carbonyl (C=O) groups is 1. The zero-order valence-corrected chi connectivity index (χ0v) is 10.5. The van der Waals surface area contributed by atoms with Crippen molar-refractivity contribution in [3.63, 3.8) is 0 Å². The molecule has 1 aromatic carbocycles. The normalized spacial score (nSPS) is 18.5. The van der Waals surface area contributed by atoms with E-state index in [1.54, 1.807) is 13.1 Å². The van der Waals surface area contributed by atoms with Gasteiger partial charge in [0.2, 0.25) is 5.91 Å². The molecule has 0 saturated heterocycles. The van der Waals surface area contributed by atoms with Gasteiger partial charge in [0.05, 0.1) is 13.7 Å². The van der Waals surface area contributed by atoms with Crippen molar-refractivity contribution >= 4 is 5.91 Å². The molecule has 1 amide bonds. The highest BCUT2D eigenvalue weighted by molar-refractivity contribution is 5.78. The number of carbonyl (C=O) groups excluding carboxylic acids is 1. The molecule has 18 heavy (non-hydrogen) atoms. The fraction of sp³-hybridized carbons (Fsp3) is 0.462. The minimum Gasteiger partial charge on any atom is -0.493 e. The summed E-state index contributed by atoms with van der Waals surface area (Å²) >= 11 is 0. The number of nitrogens with zero attached hydrogens (tertiary/aromatic N) is 1.